The Balaban J connectivity index is 2.39. The van der Waals surface area contributed by atoms with Gasteiger partial charge in [0.2, 0.25) is 0 Å². The predicted molar refractivity (Wildman–Crippen MR) is 58.2 cm³/mol. The van der Waals surface area contributed by atoms with E-state index in [1.54, 1.807) is 6.20 Å². The number of pyridine rings is 1. The number of unbranched alkanes of at least 4 members (excludes halogenated alkanes) is 1. The Morgan fingerprint density at radius 2 is 2.29 bits per heavy atom. The summed E-state index contributed by atoms with van der Waals surface area (Å²) in [6.45, 7) is 3.03. The number of nitrogen functional groups attached to an aromatic ring is 1. The van der Waals surface area contributed by atoms with Crippen LogP contribution in [-0.2, 0) is 0 Å². The monoisotopic (exact) mass is 195 g/mol. The summed E-state index contributed by atoms with van der Waals surface area (Å²) >= 11 is 0. The number of rotatable bonds is 5. The van der Waals surface area contributed by atoms with Crippen LogP contribution in [0.3, 0.4) is 0 Å². The lowest BCUT2D eigenvalue weighted by atomic mass is 10.2. The van der Waals surface area contributed by atoms with Crippen LogP contribution in [0, 0.1) is 6.92 Å². The first-order valence-corrected chi connectivity index (χ1v) is 4.81. The Hall–Kier alpha value is -1.29. The van der Waals surface area contributed by atoms with E-state index in [0.29, 0.717) is 5.69 Å². The molecule has 0 aliphatic heterocycles. The summed E-state index contributed by atoms with van der Waals surface area (Å²) in [7, 11) is 0. The maximum atomic E-state index is 8.58. The zero-order valence-electron chi connectivity index (χ0n) is 8.45. The average molecular weight is 195 g/mol. The molecule has 0 atom stereocenters. The number of aromatic nitrogens is 1. The number of nitrogens with one attached hydrogen (secondary N) is 1. The third-order valence-electron chi connectivity index (χ3n) is 2.04. The molecule has 1 aromatic rings. The first-order valence-electron chi connectivity index (χ1n) is 4.81. The van der Waals surface area contributed by atoms with Crippen LogP contribution in [0.2, 0.25) is 0 Å². The lowest BCUT2D eigenvalue weighted by Gasteiger charge is -2.06. The van der Waals surface area contributed by atoms with E-state index in [-0.39, 0.29) is 6.61 Å². The van der Waals surface area contributed by atoms with E-state index < -0.39 is 0 Å². The molecular formula is C10H17N3O. The highest BCUT2D eigenvalue weighted by atomic mass is 16.2. The summed E-state index contributed by atoms with van der Waals surface area (Å²) in [5, 5.41) is 11.8. The number of nitrogens with two attached hydrogens (primary N) is 1. The molecule has 4 nitrogen and oxygen atoms in total. The molecule has 0 unspecified atom stereocenters. The molecule has 0 aromatic carbocycles. The van der Waals surface area contributed by atoms with Crippen molar-refractivity contribution in [2.45, 2.75) is 19.8 Å². The summed E-state index contributed by atoms with van der Waals surface area (Å²) in [6.07, 6.45) is 3.42. The van der Waals surface area contributed by atoms with Crippen LogP contribution < -0.4 is 11.1 Å². The van der Waals surface area contributed by atoms with Crippen LogP contribution >= 0.6 is 0 Å². The van der Waals surface area contributed by atoms with E-state index in [1.165, 1.54) is 0 Å². The molecule has 0 radical (unpaired) electrons. The van der Waals surface area contributed by atoms with Crippen molar-refractivity contribution in [1.29, 1.82) is 0 Å². The maximum Gasteiger partial charge on any atom is 0.126 e. The van der Waals surface area contributed by atoms with Crippen molar-refractivity contribution in [2.24, 2.45) is 0 Å². The van der Waals surface area contributed by atoms with Crippen molar-refractivity contribution >= 4 is 11.5 Å². The minimum atomic E-state index is 0.246. The second kappa shape index (κ2) is 5.44. The van der Waals surface area contributed by atoms with Gasteiger partial charge in [-0.15, -0.1) is 0 Å². The molecule has 0 aliphatic carbocycles. The fourth-order valence-electron chi connectivity index (χ4n) is 1.12. The van der Waals surface area contributed by atoms with Crippen molar-refractivity contribution in [1.82, 2.24) is 4.98 Å². The smallest absolute Gasteiger partial charge is 0.126 e. The normalized spacial score (nSPS) is 10.1. The highest BCUT2D eigenvalue weighted by Gasteiger charge is 1.96. The lowest BCUT2D eigenvalue weighted by Crippen LogP contribution is -2.04. The zero-order chi connectivity index (χ0) is 10.4. The highest BCUT2D eigenvalue weighted by molar-refractivity contribution is 5.50. The van der Waals surface area contributed by atoms with E-state index in [2.05, 4.69) is 10.3 Å². The van der Waals surface area contributed by atoms with Gasteiger partial charge in [-0.3, -0.25) is 0 Å². The van der Waals surface area contributed by atoms with Gasteiger partial charge < -0.3 is 16.2 Å². The summed E-state index contributed by atoms with van der Waals surface area (Å²) in [5.74, 6) is 0.842. The fourth-order valence-corrected chi connectivity index (χ4v) is 1.12. The molecule has 78 valence electrons. The van der Waals surface area contributed by atoms with Crippen LogP contribution in [0.25, 0.3) is 0 Å². The van der Waals surface area contributed by atoms with Gasteiger partial charge in [-0.1, -0.05) is 0 Å². The minimum absolute atomic E-state index is 0.246. The molecule has 4 N–H and O–H groups in total. The Morgan fingerprint density at radius 3 is 2.93 bits per heavy atom. The molecule has 0 spiro atoms. The van der Waals surface area contributed by atoms with Crippen LogP contribution in [0.1, 0.15) is 18.4 Å². The molecule has 0 bridgehead atoms. The van der Waals surface area contributed by atoms with Crippen LogP contribution in [-0.4, -0.2) is 23.2 Å². The van der Waals surface area contributed by atoms with E-state index in [9.17, 15) is 0 Å². The molecule has 1 rings (SSSR count). The van der Waals surface area contributed by atoms with E-state index in [0.717, 1.165) is 30.8 Å². The molecule has 0 aliphatic rings. The van der Waals surface area contributed by atoms with E-state index in [1.807, 2.05) is 13.0 Å². The van der Waals surface area contributed by atoms with E-state index >= 15 is 0 Å². The molecule has 0 saturated carbocycles. The van der Waals surface area contributed by atoms with E-state index in [4.69, 9.17) is 10.8 Å². The first kappa shape index (κ1) is 10.8. The topological polar surface area (TPSA) is 71.2 Å². The molecule has 4 heteroatoms. The van der Waals surface area contributed by atoms with Gasteiger partial charge >= 0.3 is 0 Å². The maximum absolute atomic E-state index is 8.58. The van der Waals surface area contributed by atoms with Gasteiger partial charge in [0.25, 0.3) is 0 Å². The van der Waals surface area contributed by atoms with Crippen LogP contribution in [0.15, 0.2) is 12.3 Å². The number of nitrogens with zero attached hydrogens (tertiary/aromatic N) is 1. The van der Waals surface area contributed by atoms with Crippen molar-refractivity contribution < 1.29 is 5.11 Å². The molecule has 1 heterocycles. The second-order valence-corrected chi connectivity index (χ2v) is 3.28. The quantitative estimate of drug-likeness (QED) is 0.616. The van der Waals surface area contributed by atoms with Crippen molar-refractivity contribution in [3.8, 4) is 0 Å². The van der Waals surface area contributed by atoms with Crippen LogP contribution in [0.4, 0.5) is 11.5 Å². The van der Waals surface area contributed by atoms with Gasteiger partial charge in [-0.25, -0.2) is 4.98 Å². The predicted octanol–water partition coefficient (Wildman–Crippen LogP) is 1.16. The molecule has 14 heavy (non-hydrogen) atoms. The molecule has 0 fully saturated rings. The summed E-state index contributed by atoms with van der Waals surface area (Å²) in [5.41, 5.74) is 7.39. The van der Waals surface area contributed by atoms with Crippen molar-refractivity contribution in [3.05, 3.63) is 17.8 Å². The highest BCUT2D eigenvalue weighted by Crippen LogP contribution is 2.12. The number of aliphatic hydroxyl groups is 1. The van der Waals surface area contributed by atoms with Crippen molar-refractivity contribution in [2.75, 3.05) is 24.2 Å². The third kappa shape index (κ3) is 3.22. The number of hydrogen-bond acceptors (Lipinski definition) is 4. The minimum Gasteiger partial charge on any atom is -0.397 e. The van der Waals surface area contributed by atoms with Gasteiger partial charge in [0.1, 0.15) is 5.82 Å². The lowest BCUT2D eigenvalue weighted by molar-refractivity contribution is 0.286. The Bertz CT molecular complexity index is 289. The Labute approximate surface area is 84.2 Å². The second-order valence-electron chi connectivity index (χ2n) is 3.28. The molecular weight excluding hydrogens is 178 g/mol. The summed E-state index contributed by atoms with van der Waals surface area (Å²) in [4.78, 5) is 4.14. The van der Waals surface area contributed by atoms with Gasteiger partial charge in [-0.05, 0) is 31.4 Å². The number of aliphatic hydroxyl groups excluding tert-OH is 1. The largest absolute Gasteiger partial charge is 0.397 e. The van der Waals surface area contributed by atoms with Crippen molar-refractivity contribution in [3.63, 3.8) is 0 Å². The SMILES string of the molecule is Cc1cc(NCCCCO)ncc1N. The number of hydrogen-bond donors (Lipinski definition) is 3. The van der Waals surface area contributed by atoms with Gasteiger partial charge in [0, 0.05) is 13.2 Å². The molecule has 0 amide bonds. The Kier molecular flexibility index (Phi) is 4.19. The third-order valence-corrected chi connectivity index (χ3v) is 2.04. The molecule has 0 saturated heterocycles. The summed E-state index contributed by atoms with van der Waals surface area (Å²) in [6, 6.07) is 1.92. The Morgan fingerprint density at radius 1 is 1.50 bits per heavy atom. The number of anilines is 2. The zero-order valence-corrected chi connectivity index (χ0v) is 8.45. The first-order chi connectivity index (χ1) is 6.74. The standard InChI is InChI=1S/C10H17N3O/c1-8-6-10(13-7-9(8)11)12-4-2-3-5-14/h6-7,14H,2-5,11H2,1H3,(H,12,13). The molecule has 1 aromatic heterocycles. The average Bonchev–Trinajstić information content (AvgIpc) is 2.18. The van der Waals surface area contributed by atoms with Gasteiger partial charge in [-0.2, -0.15) is 0 Å². The number of aryl methyl sites for hydroxylation is 1. The van der Waals surface area contributed by atoms with Gasteiger partial charge in [0.15, 0.2) is 0 Å². The van der Waals surface area contributed by atoms with Crippen LogP contribution in [0.5, 0.6) is 0 Å². The fraction of sp³-hybridized carbons (Fsp3) is 0.500. The van der Waals surface area contributed by atoms with Gasteiger partial charge in [0.05, 0.1) is 11.9 Å². The summed E-state index contributed by atoms with van der Waals surface area (Å²) < 4.78 is 0.